The van der Waals surface area contributed by atoms with Crippen molar-refractivity contribution >= 4 is 28.4 Å². The van der Waals surface area contributed by atoms with Crippen molar-refractivity contribution in [2.75, 3.05) is 38.1 Å². The number of anilines is 1. The molecule has 4 nitrogen and oxygen atoms in total. The van der Waals surface area contributed by atoms with Crippen LogP contribution in [-0.4, -0.2) is 48.5 Å². The molecule has 0 aliphatic carbocycles. The molecule has 1 aliphatic rings. The highest BCUT2D eigenvalue weighted by Crippen LogP contribution is 2.22. The highest BCUT2D eigenvalue weighted by Gasteiger charge is 2.14. The number of fused-ring (bicyclic) bond motifs is 1. The Morgan fingerprint density at radius 1 is 0.926 bits per heavy atom. The summed E-state index contributed by atoms with van der Waals surface area (Å²) < 4.78 is 2.00. The summed E-state index contributed by atoms with van der Waals surface area (Å²) in [6.45, 7) is 4.32. The zero-order valence-corrected chi connectivity index (χ0v) is 15.9. The van der Waals surface area contributed by atoms with Gasteiger partial charge in [0.2, 0.25) is 0 Å². The second-order valence-electron chi connectivity index (χ2n) is 7.25. The van der Waals surface area contributed by atoms with Crippen molar-refractivity contribution in [3.63, 3.8) is 0 Å². The molecule has 0 saturated carbocycles. The molecule has 2 heterocycles. The van der Waals surface area contributed by atoms with E-state index in [9.17, 15) is 4.79 Å². The van der Waals surface area contributed by atoms with Gasteiger partial charge in [-0.1, -0.05) is 36.4 Å². The van der Waals surface area contributed by atoms with Gasteiger partial charge in [-0.25, -0.2) is 0 Å². The lowest BCUT2D eigenvalue weighted by molar-refractivity contribution is 0.104. The van der Waals surface area contributed by atoms with Crippen molar-refractivity contribution in [2.24, 2.45) is 7.05 Å². The number of rotatable bonds is 4. The van der Waals surface area contributed by atoms with Crippen LogP contribution in [0, 0.1) is 0 Å². The third-order valence-corrected chi connectivity index (χ3v) is 5.35. The highest BCUT2D eigenvalue weighted by molar-refractivity contribution is 6.14. The number of nitrogens with zero attached hydrogens (tertiary/aromatic N) is 3. The maximum absolute atomic E-state index is 12.7. The Kier molecular flexibility index (Phi) is 4.82. The van der Waals surface area contributed by atoms with Crippen LogP contribution in [-0.2, 0) is 7.05 Å². The molecule has 1 aromatic heterocycles. The molecule has 1 aliphatic heterocycles. The van der Waals surface area contributed by atoms with Gasteiger partial charge in [0.1, 0.15) is 0 Å². The average molecular weight is 359 g/mol. The van der Waals surface area contributed by atoms with Gasteiger partial charge in [0.25, 0.3) is 0 Å². The molecule has 27 heavy (non-hydrogen) atoms. The molecule has 4 rings (SSSR count). The van der Waals surface area contributed by atoms with Gasteiger partial charge in [-0.15, -0.1) is 0 Å². The molecule has 0 N–H and O–H groups in total. The summed E-state index contributed by atoms with van der Waals surface area (Å²) in [4.78, 5) is 17.4. The van der Waals surface area contributed by atoms with Gasteiger partial charge in [0, 0.05) is 61.6 Å². The second-order valence-corrected chi connectivity index (χ2v) is 7.25. The Hall–Kier alpha value is -2.85. The summed E-state index contributed by atoms with van der Waals surface area (Å²) in [6.07, 6.45) is 5.48. The summed E-state index contributed by atoms with van der Waals surface area (Å²) in [5.74, 6) is 0.0370. The van der Waals surface area contributed by atoms with Crippen LogP contribution < -0.4 is 4.90 Å². The summed E-state index contributed by atoms with van der Waals surface area (Å²) in [6, 6.07) is 16.5. The fraction of sp³-hybridized carbons (Fsp3) is 0.261. The fourth-order valence-electron chi connectivity index (χ4n) is 3.66. The van der Waals surface area contributed by atoms with Crippen molar-refractivity contribution in [3.05, 3.63) is 71.9 Å². The number of hydrogen-bond acceptors (Lipinski definition) is 3. The lowest BCUT2D eigenvalue weighted by Crippen LogP contribution is -2.44. The van der Waals surface area contributed by atoms with Gasteiger partial charge in [-0.2, -0.15) is 0 Å². The fourth-order valence-corrected chi connectivity index (χ4v) is 3.66. The molecule has 138 valence electrons. The third kappa shape index (κ3) is 3.67. The summed E-state index contributed by atoms with van der Waals surface area (Å²) in [7, 11) is 4.14. The first-order chi connectivity index (χ1) is 13.1. The van der Waals surface area contributed by atoms with E-state index in [1.165, 1.54) is 5.69 Å². The van der Waals surface area contributed by atoms with Crippen molar-refractivity contribution < 1.29 is 4.79 Å². The standard InChI is InChI=1S/C23H25N3O/c1-24-13-15-26(16-14-24)19-10-7-18(8-11-19)9-12-23(27)21-17-25(2)22-6-4-3-5-20(21)22/h3-12,17H,13-16H2,1-2H3/b12-9+. The predicted molar refractivity (Wildman–Crippen MR) is 112 cm³/mol. The van der Waals surface area contributed by atoms with E-state index in [1.807, 2.05) is 48.2 Å². The van der Waals surface area contributed by atoms with Crippen molar-refractivity contribution in [2.45, 2.75) is 0 Å². The number of ketones is 1. The molecule has 0 spiro atoms. The Morgan fingerprint density at radius 3 is 2.37 bits per heavy atom. The first kappa shape index (κ1) is 17.6. The summed E-state index contributed by atoms with van der Waals surface area (Å²) in [5, 5.41) is 1.00. The number of aryl methyl sites for hydroxylation is 1. The Morgan fingerprint density at radius 2 is 1.63 bits per heavy atom. The van der Waals surface area contributed by atoms with Crippen LogP contribution in [0.25, 0.3) is 17.0 Å². The van der Waals surface area contributed by atoms with Crippen LogP contribution in [0.15, 0.2) is 60.8 Å². The minimum absolute atomic E-state index is 0.0370. The van der Waals surface area contributed by atoms with Crippen molar-refractivity contribution in [1.82, 2.24) is 9.47 Å². The normalized spacial score (nSPS) is 15.7. The van der Waals surface area contributed by atoms with Gasteiger partial charge >= 0.3 is 0 Å². The molecule has 0 radical (unpaired) electrons. The number of benzene rings is 2. The second kappa shape index (κ2) is 7.41. The number of carbonyl (C=O) groups is 1. The zero-order valence-electron chi connectivity index (χ0n) is 15.9. The summed E-state index contributed by atoms with van der Waals surface area (Å²) >= 11 is 0. The largest absolute Gasteiger partial charge is 0.369 e. The highest BCUT2D eigenvalue weighted by atomic mass is 16.1. The molecule has 0 bridgehead atoms. The number of piperazine rings is 1. The zero-order chi connectivity index (χ0) is 18.8. The number of para-hydroxylation sites is 1. The molecule has 0 amide bonds. The van der Waals surface area contributed by atoms with Crippen LogP contribution in [0.4, 0.5) is 5.69 Å². The number of likely N-dealkylation sites (N-methyl/N-ethyl adjacent to an activating group) is 1. The molecule has 4 heteroatoms. The van der Waals surface area contributed by atoms with Crippen LogP contribution in [0.2, 0.25) is 0 Å². The van der Waals surface area contributed by atoms with Gasteiger partial charge in [-0.3, -0.25) is 4.79 Å². The molecule has 1 saturated heterocycles. The minimum atomic E-state index is 0.0370. The van der Waals surface area contributed by atoms with E-state index < -0.39 is 0 Å². The molecule has 0 unspecified atom stereocenters. The smallest absolute Gasteiger partial charge is 0.188 e. The monoisotopic (exact) mass is 359 g/mol. The first-order valence-electron chi connectivity index (χ1n) is 9.42. The molecular weight excluding hydrogens is 334 g/mol. The maximum Gasteiger partial charge on any atom is 0.188 e. The third-order valence-electron chi connectivity index (χ3n) is 5.35. The van der Waals surface area contributed by atoms with E-state index in [4.69, 9.17) is 0 Å². The number of allylic oxidation sites excluding steroid dienone is 1. The van der Waals surface area contributed by atoms with Gasteiger partial charge in [0.15, 0.2) is 5.78 Å². The quantitative estimate of drug-likeness (QED) is 0.524. The SMILES string of the molecule is CN1CCN(c2ccc(/C=C/C(=O)c3cn(C)c4ccccc34)cc2)CC1. The average Bonchev–Trinajstić information content (AvgIpc) is 3.04. The predicted octanol–water partition coefficient (Wildman–Crippen LogP) is 3.83. The molecule has 1 fully saturated rings. The van der Waals surface area contributed by atoms with Gasteiger partial charge < -0.3 is 14.4 Å². The topological polar surface area (TPSA) is 28.5 Å². The Balaban J connectivity index is 1.48. The van der Waals surface area contributed by atoms with Crippen LogP contribution in [0.5, 0.6) is 0 Å². The molecular formula is C23H25N3O. The molecule has 3 aromatic rings. The summed E-state index contributed by atoms with van der Waals surface area (Å²) in [5.41, 5.74) is 4.12. The lowest BCUT2D eigenvalue weighted by atomic mass is 10.1. The Labute approximate surface area is 160 Å². The van der Waals surface area contributed by atoms with E-state index in [0.717, 1.165) is 48.2 Å². The van der Waals surface area contributed by atoms with E-state index in [0.29, 0.717) is 0 Å². The number of hydrogen-bond donors (Lipinski definition) is 0. The number of aromatic nitrogens is 1. The van der Waals surface area contributed by atoms with Crippen LogP contribution >= 0.6 is 0 Å². The van der Waals surface area contributed by atoms with Gasteiger partial charge in [0.05, 0.1) is 0 Å². The van der Waals surface area contributed by atoms with E-state index in [2.05, 4.69) is 41.1 Å². The van der Waals surface area contributed by atoms with E-state index >= 15 is 0 Å². The lowest BCUT2D eigenvalue weighted by Gasteiger charge is -2.34. The van der Waals surface area contributed by atoms with E-state index in [-0.39, 0.29) is 5.78 Å². The van der Waals surface area contributed by atoms with E-state index in [1.54, 1.807) is 6.08 Å². The van der Waals surface area contributed by atoms with Crippen LogP contribution in [0.3, 0.4) is 0 Å². The van der Waals surface area contributed by atoms with Crippen LogP contribution in [0.1, 0.15) is 15.9 Å². The molecule has 2 aromatic carbocycles. The molecule has 0 atom stereocenters. The van der Waals surface area contributed by atoms with Crippen molar-refractivity contribution in [1.29, 1.82) is 0 Å². The maximum atomic E-state index is 12.7. The minimum Gasteiger partial charge on any atom is -0.369 e. The van der Waals surface area contributed by atoms with Crippen molar-refractivity contribution in [3.8, 4) is 0 Å². The Bertz CT molecular complexity index is 977. The number of carbonyl (C=O) groups excluding carboxylic acids is 1. The first-order valence-corrected chi connectivity index (χ1v) is 9.42. The van der Waals surface area contributed by atoms with Gasteiger partial charge in [-0.05, 0) is 36.9 Å².